The number of phenols is 1. The van der Waals surface area contributed by atoms with Gasteiger partial charge in [0.2, 0.25) is 11.8 Å². The van der Waals surface area contributed by atoms with E-state index in [0.717, 1.165) is 40.9 Å². The first kappa shape index (κ1) is 32.2. The van der Waals surface area contributed by atoms with Crippen LogP contribution in [0.1, 0.15) is 44.6 Å². The molecule has 5 rings (SSSR count). The van der Waals surface area contributed by atoms with Crippen molar-refractivity contribution in [1.82, 2.24) is 0 Å². The van der Waals surface area contributed by atoms with E-state index < -0.39 is 23.9 Å². The number of nitrogens with one attached hydrogen (secondary N) is 1. The van der Waals surface area contributed by atoms with Crippen molar-refractivity contribution in [2.45, 2.75) is 45.1 Å². The van der Waals surface area contributed by atoms with Gasteiger partial charge < -0.3 is 25.4 Å². The Morgan fingerprint density at radius 2 is 1.67 bits per heavy atom. The number of para-hydroxylation sites is 1. The SMILES string of the molecule is CCC/C(=C\c1ccc(O)cc1)CC[C@@H](O)C1=C(COC)C[C@H]2C(=O)N(c3ccc(Nc4ccccc4)cc3)C(=O)[C@H]2[C@H]1CO. The standard InChI is InChI=1S/C37H42N2O6/c1-3-7-24(20-25-10-17-30(41)18-11-25)12-19-33(42)34-26(23-45-2)21-31-35(32(34)22-40)37(44)39(36(31)43)29-15-13-28(14-16-29)38-27-8-5-4-6-9-27/h4-6,8-11,13-18,20,31-33,35,38,40-42H,3,7,12,19,21-23H2,1-2H3/b24-20+/t31-,32+,33-,35-/m1/s1. The maximum atomic E-state index is 13.9. The maximum Gasteiger partial charge on any atom is 0.238 e. The van der Waals surface area contributed by atoms with E-state index in [1.54, 1.807) is 31.4 Å². The molecule has 0 bridgehead atoms. The number of carbonyl (C=O) groups excluding carboxylic acids is 2. The molecule has 4 N–H and O–H groups in total. The highest BCUT2D eigenvalue weighted by Gasteiger charge is 2.55. The topological polar surface area (TPSA) is 119 Å². The lowest BCUT2D eigenvalue weighted by Crippen LogP contribution is -2.39. The second-order valence-electron chi connectivity index (χ2n) is 11.9. The Kier molecular flexibility index (Phi) is 10.5. The van der Waals surface area contributed by atoms with Gasteiger partial charge in [-0.1, -0.05) is 55.3 Å². The van der Waals surface area contributed by atoms with Gasteiger partial charge in [-0.2, -0.15) is 0 Å². The van der Waals surface area contributed by atoms with Crippen molar-refractivity contribution in [3.8, 4) is 5.75 Å². The van der Waals surface area contributed by atoms with E-state index in [0.29, 0.717) is 30.5 Å². The molecule has 4 atom stereocenters. The van der Waals surface area contributed by atoms with Crippen molar-refractivity contribution in [1.29, 1.82) is 0 Å². The fourth-order valence-electron chi connectivity index (χ4n) is 6.78. The number of hydrogen-bond donors (Lipinski definition) is 4. The minimum absolute atomic E-state index is 0.207. The average Bonchev–Trinajstić information content (AvgIpc) is 3.30. The molecule has 45 heavy (non-hydrogen) atoms. The fraction of sp³-hybridized carbons (Fsp3) is 0.351. The van der Waals surface area contributed by atoms with Gasteiger partial charge in [0.25, 0.3) is 0 Å². The van der Waals surface area contributed by atoms with Crippen molar-refractivity contribution < 1.29 is 29.6 Å². The molecule has 2 amide bonds. The minimum Gasteiger partial charge on any atom is -0.508 e. The number of hydrogen-bond acceptors (Lipinski definition) is 7. The summed E-state index contributed by atoms with van der Waals surface area (Å²) < 4.78 is 5.49. The van der Waals surface area contributed by atoms with Crippen molar-refractivity contribution in [2.24, 2.45) is 17.8 Å². The molecule has 1 heterocycles. The summed E-state index contributed by atoms with van der Waals surface area (Å²) in [6.45, 7) is 1.95. The molecule has 236 valence electrons. The quantitative estimate of drug-likeness (QED) is 0.134. The van der Waals surface area contributed by atoms with E-state index in [4.69, 9.17) is 4.74 Å². The summed E-state index contributed by atoms with van der Waals surface area (Å²) in [5, 5.41) is 35.2. The van der Waals surface area contributed by atoms with Crippen LogP contribution in [0.4, 0.5) is 17.1 Å². The number of nitrogens with zero attached hydrogens (tertiary/aromatic N) is 1. The Balaban J connectivity index is 1.36. The van der Waals surface area contributed by atoms with Crippen LogP contribution in [0, 0.1) is 17.8 Å². The molecule has 1 saturated heterocycles. The smallest absolute Gasteiger partial charge is 0.238 e. The molecule has 0 saturated carbocycles. The summed E-state index contributed by atoms with van der Waals surface area (Å²) in [5.74, 6) is -2.54. The number of phenolic OH excluding ortho intramolecular Hbond substituents is 1. The summed E-state index contributed by atoms with van der Waals surface area (Å²) in [7, 11) is 1.57. The maximum absolute atomic E-state index is 13.9. The van der Waals surface area contributed by atoms with E-state index in [1.807, 2.05) is 54.6 Å². The van der Waals surface area contributed by atoms with Crippen molar-refractivity contribution in [2.75, 3.05) is 30.5 Å². The van der Waals surface area contributed by atoms with Crippen molar-refractivity contribution >= 4 is 35.0 Å². The number of fused-ring (bicyclic) bond motifs is 1. The summed E-state index contributed by atoms with van der Waals surface area (Å²) in [5.41, 5.74) is 5.75. The summed E-state index contributed by atoms with van der Waals surface area (Å²) in [4.78, 5) is 28.9. The minimum atomic E-state index is -0.909. The normalized spacial score (nSPS) is 20.8. The second-order valence-corrected chi connectivity index (χ2v) is 11.9. The number of allylic oxidation sites excluding steroid dienone is 1. The Hall–Kier alpha value is -4.24. The Morgan fingerprint density at radius 1 is 0.978 bits per heavy atom. The van der Waals surface area contributed by atoms with Gasteiger partial charge in [0.1, 0.15) is 5.75 Å². The van der Waals surface area contributed by atoms with Gasteiger partial charge in [0.15, 0.2) is 0 Å². The summed E-state index contributed by atoms with van der Waals surface area (Å²) in [6, 6.07) is 23.9. The highest BCUT2D eigenvalue weighted by atomic mass is 16.5. The van der Waals surface area contributed by atoms with E-state index in [1.165, 1.54) is 4.90 Å². The molecular weight excluding hydrogens is 568 g/mol. The van der Waals surface area contributed by atoms with Crippen molar-refractivity contribution in [3.05, 3.63) is 101 Å². The first-order valence-corrected chi connectivity index (χ1v) is 15.6. The Bertz CT molecular complexity index is 1530. The predicted molar refractivity (Wildman–Crippen MR) is 176 cm³/mol. The number of benzene rings is 3. The lowest BCUT2D eigenvalue weighted by Gasteiger charge is -2.36. The van der Waals surface area contributed by atoms with Crippen LogP contribution in [0.25, 0.3) is 6.08 Å². The third-order valence-corrected chi connectivity index (χ3v) is 8.82. The van der Waals surface area contributed by atoms with Crippen LogP contribution in [0.3, 0.4) is 0 Å². The number of ether oxygens (including phenoxy) is 1. The Morgan fingerprint density at radius 3 is 2.31 bits per heavy atom. The van der Waals surface area contributed by atoms with Gasteiger partial charge in [-0.05, 0) is 90.9 Å². The lowest BCUT2D eigenvalue weighted by molar-refractivity contribution is -0.123. The Labute approximate surface area is 264 Å². The average molecular weight is 611 g/mol. The fourth-order valence-corrected chi connectivity index (χ4v) is 6.78. The van der Waals surface area contributed by atoms with Gasteiger partial charge in [-0.15, -0.1) is 0 Å². The van der Waals surface area contributed by atoms with Crippen LogP contribution in [0.5, 0.6) is 5.75 Å². The molecule has 8 nitrogen and oxygen atoms in total. The van der Waals surface area contributed by atoms with Crippen LogP contribution >= 0.6 is 0 Å². The van der Waals surface area contributed by atoms with Gasteiger partial charge in [-0.25, -0.2) is 0 Å². The monoisotopic (exact) mass is 610 g/mol. The molecule has 3 aromatic carbocycles. The van der Waals surface area contributed by atoms with Gasteiger partial charge >= 0.3 is 0 Å². The van der Waals surface area contributed by atoms with Crippen molar-refractivity contribution in [3.63, 3.8) is 0 Å². The third-order valence-electron chi connectivity index (χ3n) is 8.82. The van der Waals surface area contributed by atoms with Gasteiger partial charge in [0, 0.05) is 24.4 Å². The largest absolute Gasteiger partial charge is 0.508 e. The number of imide groups is 1. The van der Waals surface area contributed by atoms with E-state index >= 15 is 0 Å². The van der Waals surface area contributed by atoms with Crippen LogP contribution in [0.15, 0.2) is 95.6 Å². The number of amides is 2. The molecule has 1 aliphatic heterocycles. The number of aliphatic hydroxyl groups excluding tert-OH is 2. The molecule has 0 radical (unpaired) electrons. The van der Waals surface area contributed by atoms with Gasteiger partial charge in [-0.3, -0.25) is 14.5 Å². The van der Waals surface area contributed by atoms with E-state index in [-0.39, 0.29) is 30.8 Å². The molecule has 3 aromatic rings. The summed E-state index contributed by atoms with van der Waals surface area (Å²) in [6.07, 6.45) is 4.29. The first-order valence-electron chi connectivity index (χ1n) is 15.6. The summed E-state index contributed by atoms with van der Waals surface area (Å²) >= 11 is 0. The number of aliphatic hydroxyl groups is 2. The van der Waals surface area contributed by atoms with E-state index in [2.05, 4.69) is 18.3 Å². The lowest BCUT2D eigenvalue weighted by atomic mass is 9.68. The third kappa shape index (κ3) is 7.20. The predicted octanol–water partition coefficient (Wildman–Crippen LogP) is 6.22. The number of carbonyl (C=O) groups is 2. The highest BCUT2D eigenvalue weighted by molar-refractivity contribution is 6.22. The first-order chi connectivity index (χ1) is 21.8. The molecule has 8 heteroatoms. The zero-order chi connectivity index (χ0) is 31.9. The van der Waals surface area contributed by atoms with E-state index in [9.17, 15) is 24.9 Å². The van der Waals surface area contributed by atoms with Crippen LogP contribution in [-0.2, 0) is 14.3 Å². The molecule has 2 aliphatic rings. The van der Waals surface area contributed by atoms with Crippen LogP contribution < -0.4 is 10.2 Å². The highest BCUT2D eigenvalue weighted by Crippen LogP contribution is 2.47. The molecular formula is C37H42N2O6. The number of anilines is 3. The molecule has 1 aliphatic carbocycles. The molecule has 1 fully saturated rings. The number of rotatable bonds is 13. The molecule has 0 aromatic heterocycles. The van der Waals surface area contributed by atoms with Crippen LogP contribution in [-0.4, -0.2) is 53.6 Å². The van der Waals surface area contributed by atoms with Crippen LogP contribution in [0.2, 0.25) is 0 Å². The number of aromatic hydroxyl groups is 1. The van der Waals surface area contributed by atoms with Gasteiger partial charge in [0.05, 0.1) is 36.8 Å². The molecule has 0 unspecified atom stereocenters. The zero-order valence-corrected chi connectivity index (χ0v) is 25.9. The zero-order valence-electron chi connectivity index (χ0n) is 25.9. The molecule has 0 spiro atoms. The second kappa shape index (κ2) is 14.7. The number of methoxy groups -OCH3 is 1.